The molecular weight excluding hydrogens is 468 g/mol. The SMILES string of the molecule is CC(C1CC[C@@]2(O)C3=CC(=O)C4CC(O)C(O)CC4(C)C3CCC12C)N(C(=O)c1cccnc1)C1CC1. The van der Waals surface area contributed by atoms with Gasteiger partial charge in [0.05, 0.1) is 23.4 Å². The lowest BCUT2D eigenvalue weighted by atomic mass is 9.46. The van der Waals surface area contributed by atoms with Crippen LogP contribution in [0.2, 0.25) is 0 Å². The van der Waals surface area contributed by atoms with Gasteiger partial charge in [-0.2, -0.15) is 0 Å². The van der Waals surface area contributed by atoms with Crippen LogP contribution in [-0.4, -0.2) is 66.8 Å². The fourth-order valence-electron chi connectivity index (χ4n) is 9.05. The number of carbonyl (C=O) groups excluding carboxylic acids is 2. The maximum absolute atomic E-state index is 13.6. The molecule has 0 spiro atoms. The number of rotatable bonds is 4. The van der Waals surface area contributed by atoms with Gasteiger partial charge >= 0.3 is 0 Å². The zero-order valence-electron chi connectivity index (χ0n) is 22.1. The summed E-state index contributed by atoms with van der Waals surface area (Å²) in [6, 6.07) is 3.79. The number of nitrogens with zero attached hydrogens (tertiary/aromatic N) is 2. The zero-order chi connectivity index (χ0) is 26.3. The molecule has 0 aromatic carbocycles. The predicted molar refractivity (Wildman–Crippen MR) is 137 cm³/mol. The average molecular weight is 509 g/mol. The third-order valence-electron chi connectivity index (χ3n) is 11.3. The second-order valence-corrected chi connectivity index (χ2v) is 13.1. The van der Waals surface area contributed by atoms with Crippen LogP contribution in [0.3, 0.4) is 0 Å². The number of aromatic nitrogens is 1. The summed E-state index contributed by atoms with van der Waals surface area (Å²) in [7, 11) is 0. The number of fused-ring (bicyclic) bond motifs is 5. The van der Waals surface area contributed by atoms with E-state index < -0.39 is 28.6 Å². The summed E-state index contributed by atoms with van der Waals surface area (Å²) in [5, 5.41) is 33.3. The summed E-state index contributed by atoms with van der Waals surface area (Å²) in [5.74, 6) is -0.250. The first-order valence-corrected chi connectivity index (χ1v) is 14.1. The Morgan fingerprint density at radius 2 is 1.86 bits per heavy atom. The molecule has 200 valence electrons. The van der Waals surface area contributed by atoms with Gasteiger partial charge in [-0.3, -0.25) is 14.6 Å². The summed E-state index contributed by atoms with van der Waals surface area (Å²) in [6.07, 6.45) is 8.91. The molecule has 9 atom stereocenters. The summed E-state index contributed by atoms with van der Waals surface area (Å²) in [4.78, 5) is 33.2. The Hall–Kier alpha value is -2.09. The number of allylic oxidation sites excluding steroid dienone is 1. The molecule has 0 aliphatic heterocycles. The highest BCUT2D eigenvalue weighted by Crippen LogP contribution is 2.67. The fourth-order valence-corrected chi connectivity index (χ4v) is 9.05. The molecule has 3 N–H and O–H groups in total. The van der Waals surface area contributed by atoms with E-state index in [0.717, 1.165) is 37.7 Å². The van der Waals surface area contributed by atoms with E-state index in [9.17, 15) is 24.9 Å². The molecule has 1 heterocycles. The maximum Gasteiger partial charge on any atom is 0.255 e. The largest absolute Gasteiger partial charge is 0.390 e. The molecule has 7 heteroatoms. The molecule has 0 bridgehead atoms. The number of aliphatic hydroxyl groups is 3. The van der Waals surface area contributed by atoms with Crippen LogP contribution in [0.25, 0.3) is 0 Å². The van der Waals surface area contributed by atoms with Gasteiger partial charge < -0.3 is 20.2 Å². The smallest absolute Gasteiger partial charge is 0.255 e. The molecule has 1 aromatic rings. The first kappa shape index (κ1) is 25.2. The predicted octanol–water partition coefficient (Wildman–Crippen LogP) is 3.28. The standard InChI is InChI=1S/C30H40N2O5/c1-17(32(19-6-7-19)27(36)18-5-4-12-31-16-18)20-9-11-30(37)22-13-24(33)23-14-25(34)26(35)15-28(23,2)21(22)8-10-29(20,30)3/h4-5,12-13,16-17,19-21,23,25-26,34-35,37H,6-11,14-15H2,1-3H3/t17?,20?,21?,23?,25?,26?,28?,29?,30-/m1/s1. The first-order chi connectivity index (χ1) is 17.5. The number of pyridine rings is 1. The lowest BCUT2D eigenvalue weighted by Gasteiger charge is -2.60. The molecule has 0 saturated heterocycles. The Morgan fingerprint density at radius 3 is 2.54 bits per heavy atom. The highest BCUT2D eigenvalue weighted by Gasteiger charge is 2.67. The highest BCUT2D eigenvalue weighted by atomic mass is 16.3. The van der Waals surface area contributed by atoms with Crippen LogP contribution < -0.4 is 0 Å². The Kier molecular flexibility index (Phi) is 5.76. The molecule has 4 saturated carbocycles. The van der Waals surface area contributed by atoms with Crippen molar-refractivity contribution < 1.29 is 24.9 Å². The van der Waals surface area contributed by atoms with Gasteiger partial charge in [-0.1, -0.05) is 13.8 Å². The van der Waals surface area contributed by atoms with Crippen molar-refractivity contribution >= 4 is 11.7 Å². The van der Waals surface area contributed by atoms with E-state index in [1.807, 2.05) is 11.0 Å². The normalized spacial score (nSPS) is 43.8. The molecule has 37 heavy (non-hydrogen) atoms. The van der Waals surface area contributed by atoms with Gasteiger partial charge in [-0.05, 0) is 99.3 Å². The minimum atomic E-state index is -1.12. The van der Waals surface area contributed by atoms with Gasteiger partial charge in [0.2, 0.25) is 0 Å². The van der Waals surface area contributed by atoms with E-state index >= 15 is 0 Å². The summed E-state index contributed by atoms with van der Waals surface area (Å²) >= 11 is 0. The van der Waals surface area contributed by atoms with Crippen LogP contribution in [-0.2, 0) is 4.79 Å². The molecular formula is C30H40N2O5. The van der Waals surface area contributed by atoms with E-state index in [0.29, 0.717) is 18.4 Å². The van der Waals surface area contributed by atoms with Crippen LogP contribution in [0.5, 0.6) is 0 Å². The summed E-state index contributed by atoms with van der Waals surface area (Å²) in [6.45, 7) is 6.37. The molecule has 1 amide bonds. The van der Waals surface area contributed by atoms with Gasteiger partial charge in [0.15, 0.2) is 5.78 Å². The molecule has 5 aliphatic rings. The molecule has 4 fully saturated rings. The van der Waals surface area contributed by atoms with Crippen molar-refractivity contribution in [2.45, 2.75) is 102 Å². The Bertz CT molecular complexity index is 1130. The van der Waals surface area contributed by atoms with E-state index in [-0.39, 0.29) is 47.9 Å². The van der Waals surface area contributed by atoms with Gasteiger partial charge in [-0.25, -0.2) is 0 Å². The van der Waals surface area contributed by atoms with Gasteiger partial charge in [0, 0.05) is 35.8 Å². The second kappa shape index (κ2) is 8.45. The third-order valence-corrected chi connectivity index (χ3v) is 11.3. The number of aliphatic hydroxyl groups excluding tert-OH is 2. The number of ketones is 1. The van der Waals surface area contributed by atoms with Crippen molar-refractivity contribution in [3.63, 3.8) is 0 Å². The molecule has 1 aromatic heterocycles. The van der Waals surface area contributed by atoms with Crippen molar-refractivity contribution in [1.29, 1.82) is 0 Å². The van der Waals surface area contributed by atoms with Gasteiger partial charge in [0.1, 0.15) is 0 Å². The number of carbonyl (C=O) groups is 2. The van der Waals surface area contributed by atoms with Crippen LogP contribution in [0.1, 0.15) is 82.5 Å². The molecule has 0 radical (unpaired) electrons. The topological polar surface area (TPSA) is 111 Å². The summed E-state index contributed by atoms with van der Waals surface area (Å²) < 4.78 is 0. The van der Waals surface area contributed by atoms with Crippen LogP contribution in [0, 0.1) is 28.6 Å². The van der Waals surface area contributed by atoms with Crippen LogP contribution >= 0.6 is 0 Å². The summed E-state index contributed by atoms with van der Waals surface area (Å²) in [5.41, 5.74) is -0.628. The van der Waals surface area contributed by atoms with Crippen molar-refractivity contribution in [3.05, 3.63) is 41.7 Å². The average Bonchev–Trinajstić information content (AvgIpc) is 3.65. The third kappa shape index (κ3) is 3.53. The first-order valence-electron chi connectivity index (χ1n) is 14.1. The van der Waals surface area contributed by atoms with E-state index in [1.54, 1.807) is 24.5 Å². The van der Waals surface area contributed by atoms with E-state index in [2.05, 4.69) is 25.8 Å². The molecule has 8 unspecified atom stereocenters. The van der Waals surface area contributed by atoms with Crippen molar-refractivity contribution in [1.82, 2.24) is 9.88 Å². The van der Waals surface area contributed by atoms with E-state index in [4.69, 9.17) is 0 Å². The van der Waals surface area contributed by atoms with Crippen LogP contribution in [0.15, 0.2) is 36.2 Å². The molecule has 6 rings (SSSR count). The lowest BCUT2D eigenvalue weighted by molar-refractivity contribution is -0.153. The van der Waals surface area contributed by atoms with Gasteiger partial charge in [-0.15, -0.1) is 0 Å². The number of hydrogen-bond donors (Lipinski definition) is 3. The highest BCUT2D eigenvalue weighted by molar-refractivity contribution is 5.95. The quantitative estimate of drug-likeness (QED) is 0.576. The van der Waals surface area contributed by atoms with Crippen LogP contribution in [0.4, 0.5) is 0 Å². The Balaban J connectivity index is 1.33. The lowest BCUT2D eigenvalue weighted by Crippen LogP contribution is -2.61. The van der Waals surface area contributed by atoms with E-state index in [1.165, 1.54) is 0 Å². The Labute approximate surface area is 219 Å². The zero-order valence-corrected chi connectivity index (χ0v) is 22.1. The van der Waals surface area contributed by atoms with Crippen molar-refractivity contribution in [2.75, 3.05) is 0 Å². The fraction of sp³-hybridized carbons (Fsp3) is 0.700. The number of amides is 1. The monoisotopic (exact) mass is 508 g/mol. The minimum Gasteiger partial charge on any atom is -0.390 e. The Morgan fingerprint density at radius 1 is 1.11 bits per heavy atom. The molecule has 7 nitrogen and oxygen atoms in total. The number of hydrogen-bond acceptors (Lipinski definition) is 6. The van der Waals surface area contributed by atoms with Gasteiger partial charge in [0.25, 0.3) is 5.91 Å². The maximum atomic E-state index is 13.6. The van der Waals surface area contributed by atoms with Crippen molar-refractivity contribution in [3.8, 4) is 0 Å². The molecule has 5 aliphatic carbocycles. The van der Waals surface area contributed by atoms with Crippen molar-refractivity contribution in [2.24, 2.45) is 28.6 Å². The second-order valence-electron chi connectivity index (χ2n) is 13.1. The minimum absolute atomic E-state index is 0.000964.